The van der Waals surface area contributed by atoms with Gasteiger partial charge in [-0.05, 0) is 48.7 Å². The Hall–Kier alpha value is -4.28. The van der Waals surface area contributed by atoms with Crippen LogP contribution in [-0.2, 0) is 16.0 Å². The molecule has 4 rings (SSSR count). The Bertz CT molecular complexity index is 1370. The number of carbonyl (C=O) groups is 2. The Kier molecular flexibility index (Phi) is 8.44. The molecule has 186 valence electrons. The van der Waals surface area contributed by atoms with Crippen LogP contribution in [0.5, 0.6) is 0 Å². The van der Waals surface area contributed by atoms with Crippen LogP contribution in [0, 0.1) is 11.3 Å². The summed E-state index contributed by atoms with van der Waals surface area (Å²) in [4.78, 5) is 26.1. The number of aryl methyl sites for hydroxylation is 1. The molecule has 6 nitrogen and oxygen atoms in total. The molecule has 1 aliphatic heterocycles. The molecular formula is C30H28N4O2S. The zero-order valence-electron chi connectivity index (χ0n) is 20.7. The monoisotopic (exact) mass is 508 g/mol. The Morgan fingerprint density at radius 3 is 2.16 bits per heavy atom. The first-order chi connectivity index (χ1) is 18.0. The standard InChI is InChI=1S/C30H28N4O2S/c1-3-21-14-16-24(17-15-21)33-26(35)19-37-30-25(18-31)28(22-10-6-4-7-11-22)27(20(2)32-30)29(36)34-23-12-8-5-9-13-23/h4-17,28,32H,3,19H2,1-2H3,(H,33,35)(H,34,36)/t28-/m1/s1. The number of para-hydroxylation sites is 1. The van der Waals surface area contributed by atoms with Gasteiger partial charge >= 0.3 is 0 Å². The second kappa shape index (κ2) is 12.1. The Morgan fingerprint density at radius 2 is 1.54 bits per heavy atom. The molecule has 37 heavy (non-hydrogen) atoms. The van der Waals surface area contributed by atoms with Crippen molar-refractivity contribution in [1.29, 1.82) is 5.26 Å². The normalized spacial score (nSPS) is 15.0. The summed E-state index contributed by atoms with van der Waals surface area (Å²) in [6.07, 6.45) is 0.932. The first-order valence-electron chi connectivity index (χ1n) is 12.0. The van der Waals surface area contributed by atoms with Crippen molar-refractivity contribution in [2.75, 3.05) is 16.4 Å². The van der Waals surface area contributed by atoms with Crippen LogP contribution in [0.4, 0.5) is 11.4 Å². The maximum Gasteiger partial charge on any atom is 0.254 e. The minimum atomic E-state index is -0.566. The molecule has 1 aliphatic rings. The molecule has 0 saturated carbocycles. The van der Waals surface area contributed by atoms with Crippen molar-refractivity contribution < 1.29 is 9.59 Å². The van der Waals surface area contributed by atoms with Crippen LogP contribution in [0.1, 0.15) is 30.9 Å². The first kappa shape index (κ1) is 25.8. The van der Waals surface area contributed by atoms with Gasteiger partial charge in [-0.25, -0.2) is 0 Å². The molecule has 1 atom stereocenters. The highest BCUT2D eigenvalue weighted by molar-refractivity contribution is 8.03. The summed E-state index contributed by atoms with van der Waals surface area (Å²) in [5, 5.41) is 19.9. The summed E-state index contributed by atoms with van der Waals surface area (Å²) in [6.45, 7) is 3.90. The van der Waals surface area contributed by atoms with Crippen molar-refractivity contribution in [3.63, 3.8) is 0 Å². The number of hydrogen-bond donors (Lipinski definition) is 3. The summed E-state index contributed by atoms with van der Waals surface area (Å²) in [6, 6.07) is 28.8. The van der Waals surface area contributed by atoms with Gasteiger partial charge in [-0.3, -0.25) is 9.59 Å². The topological polar surface area (TPSA) is 94.0 Å². The lowest BCUT2D eigenvalue weighted by molar-refractivity contribution is -0.114. The van der Waals surface area contributed by atoms with E-state index in [4.69, 9.17) is 0 Å². The van der Waals surface area contributed by atoms with Gasteiger partial charge in [0.2, 0.25) is 5.91 Å². The lowest BCUT2D eigenvalue weighted by atomic mass is 9.82. The molecule has 7 heteroatoms. The van der Waals surface area contributed by atoms with Gasteiger partial charge in [0.05, 0.1) is 28.3 Å². The van der Waals surface area contributed by atoms with Crippen molar-refractivity contribution in [3.8, 4) is 6.07 Å². The highest BCUT2D eigenvalue weighted by atomic mass is 32.2. The summed E-state index contributed by atoms with van der Waals surface area (Å²) >= 11 is 1.25. The lowest BCUT2D eigenvalue weighted by Gasteiger charge is -2.29. The number of nitrogens with one attached hydrogen (secondary N) is 3. The van der Waals surface area contributed by atoms with E-state index in [1.807, 2.05) is 91.9 Å². The summed E-state index contributed by atoms with van der Waals surface area (Å²) in [5.41, 5.74) is 4.94. The number of dihydropyridines is 1. The van der Waals surface area contributed by atoms with Crippen LogP contribution in [0.25, 0.3) is 0 Å². The number of allylic oxidation sites excluding steroid dienone is 2. The Morgan fingerprint density at radius 1 is 0.919 bits per heavy atom. The minimum absolute atomic E-state index is 0.114. The third-order valence-corrected chi connectivity index (χ3v) is 7.07. The number of amides is 2. The Balaban J connectivity index is 1.58. The average Bonchev–Trinajstić information content (AvgIpc) is 2.92. The maximum absolute atomic E-state index is 13.4. The molecule has 0 radical (unpaired) electrons. The van der Waals surface area contributed by atoms with E-state index in [2.05, 4.69) is 28.9 Å². The minimum Gasteiger partial charge on any atom is -0.353 e. The number of benzene rings is 3. The van der Waals surface area contributed by atoms with Crippen LogP contribution >= 0.6 is 11.8 Å². The molecule has 0 aliphatic carbocycles. The molecule has 0 unspecified atom stereocenters. The van der Waals surface area contributed by atoms with Gasteiger partial charge < -0.3 is 16.0 Å². The van der Waals surface area contributed by atoms with Crippen molar-refractivity contribution >= 4 is 35.0 Å². The molecule has 0 fully saturated rings. The third-order valence-electron chi connectivity index (χ3n) is 6.05. The lowest BCUT2D eigenvalue weighted by Crippen LogP contribution is -2.31. The van der Waals surface area contributed by atoms with E-state index in [1.165, 1.54) is 17.3 Å². The maximum atomic E-state index is 13.4. The molecule has 3 aromatic carbocycles. The van der Waals surface area contributed by atoms with E-state index in [9.17, 15) is 14.9 Å². The molecule has 3 N–H and O–H groups in total. The predicted molar refractivity (Wildman–Crippen MR) is 150 cm³/mol. The highest BCUT2D eigenvalue weighted by Crippen LogP contribution is 2.40. The number of anilines is 2. The van der Waals surface area contributed by atoms with Gasteiger partial charge in [-0.15, -0.1) is 0 Å². The predicted octanol–water partition coefficient (Wildman–Crippen LogP) is 5.96. The van der Waals surface area contributed by atoms with Crippen LogP contribution in [-0.4, -0.2) is 17.6 Å². The fourth-order valence-corrected chi connectivity index (χ4v) is 5.08. The van der Waals surface area contributed by atoms with E-state index in [-0.39, 0.29) is 17.6 Å². The zero-order valence-corrected chi connectivity index (χ0v) is 21.6. The van der Waals surface area contributed by atoms with E-state index in [0.717, 1.165) is 17.7 Å². The van der Waals surface area contributed by atoms with Crippen LogP contribution < -0.4 is 16.0 Å². The fourth-order valence-electron chi connectivity index (χ4n) is 4.18. The number of carbonyl (C=O) groups excluding carboxylic acids is 2. The molecule has 2 amide bonds. The smallest absolute Gasteiger partial charge is 0.254 e. The highest BCUT2D eigenvalue weighted by Gasteiger charge is 2.34. The number of hydrogen-bond acceptors (Lipinski definition) is 5. The van der Waals surface area contributed by atoms with Crippen LogP contribution in [0.15, 0.2) is 107 Å². The van der Waals surface area contributed by atoms with Crippen molar-refractivity contribution in [2.24, 2.45) is 0 Å². The number of nitriles is 1. The van der Waals surface area contributed by atoms with Crippen LogP contribution in [0.3, 0.4) is 0 Å². The van der Waals surface area contributed by atoms with Crippen molar-refractivity contribution in [2.45, 2.75) is 26.2 Å². The molecule has 0 saturated heterocycles. The molecular weight excluding hydrogens is 480 g/mol. The van der Waals surface area contributed by atoms with Crippen molar-refractivity contribution in [1.82, 2.24) is 5.32 Å². The second-order valence-corrected chi connectivity index (χ2v) is 9.56. The molecule has 0 aromatic heterocycles. The molecule has 0 bridgehead atoms. The third kappa shape index (κ3) is 6.29. The summed E-state index contributed by atoms with van der Waals surface area (Å²) in [7, 11) is 0. The SMILES string of the molecule is CCc1ccc(NC(=O)CSC2=C(C#N)[C@@H](c3ccccc3)C(C(=O)Nc3ccccc3)=C(C)N2)cc1. The largest absolute Gasteiger partial charge is 0.353 e. The van der Waals surface area contributed by atoms with Gasteiger partial charge in [0.1, 0.15) is 0 Å². The Labute approximate surface area is 221 Å². The van der Waals surface area contributed by atoms with E-state index < -0.39 is 5.92 Å². The van der Waals surface area contributed by atoms with Gasteiger partial charge in [0.25, 0.3) is 5.91 Å². The van der Waals surface area contributed by atoms with E-state index >= 15 is 0 Å². The summed E-state index contributed by atoms with van der Waals surface area (Å²) < 4.78 is 0. The fraction of sp³-hybridized carbons (Fsp3) is 0.167. The van der Waals surface area contributed by atoms with E-state index in [1.54, 1.807) is 0 Å². The molecule has 1 heterocycles. The summed E-state index contributed by atoms with van der Waals surface area (Å²) in [5.74, 6) is -0.909. The second-order valence-electron chi connectivity index (χ2n) is 8.57. The number of rotatable bonds is 8. The first-order valence-corrected chi connectivity index (χ1v) is 13.0. The van der Waals surface area contributed by atoms with Crippen molar-refractivity contribution in [3.05, 3.63) is 118 Å². The average molecular weight is 509 g/mol. The van der Waals surface area contributed by atoms with Gasteiger partial charge in [-0.2, -0.15) is 5.26 Å². The van der Waals surface area contributed by atoms with Gasteiger partial charge in [0.15, 0.2) is 0 Å². The molecule has 0 spiro atoms. The number of nitrogens with zero attached hydrogens (tertiary/aromatic N) is 1. The zero-order chi connectivity index (χ0) is 26.2. The van der Waals surface area contributed by atoms with Crippen LogP contribution in [0.2, 0.25) is 0 Å². The van der Waals surface area contributed by atoms with E-state index in [0.29, 0.717) is 27.6 Å². The molecule has 3 aromatic rings. The van der Waals surface area contributed by atoms with Gasteiger partial charge in [0, 0.05) is 22.6 Å². The number of thioether (sulfide) groups is 1. The quantitative estimate of drug-likeness (QED) is 0.349. The van der Waals surface area contributed by atoms with Gasteiger partial charge in [-0.1, -0.05) is 79.3 Å².